The molecule has 0 saturated carbocycles. The summed E-state index contributed by atoms with van der Waals surface area (Å²) >= 11 is 18.0. The Kier molecular flexibility index (Phi) is 6.78. The summed E-state index contributed by atoms with van der Waals surface area (Å²) in [6.45, 7) is 0.0896. The summed E-state index contributed by atoms with van der Waals surface area (Å²) < 4.78 is 33.2. The number of hydrogen-bond donors (Lipinski definition) is 0. The molecule has 0 spiro atoms. The van der Waals surface area contributed by atoms with E-state index in [0.717, 1.165) is 6.26 Å². The van der Waals surface area contributed by atoms with Gasteiger partial charge >= 0.3 is 0 Å². The van der Waals surface area contributed by atoms with Gasteiger partial charge in [0, 0.05) is 21.0 Å². The molecule has 130 valence electrons. The number of rotatable bonds is 7. The molecule has 0 aliphatic carbocycles. The van der Waals surface area contributed by atoms with Gasteiger partial charge in [-0.15, -0.1) is 0 Å². The number of benzene rings is 2. The van der Waals surface area contributed by atoms with Crippen LogP contribution in [0.1, 0.15) is 11.5 Å². The fourth-order valence-electron chi connectivity index (χ4n) is 1.99. The summed E-state index contributed by atoms with van der Waals surface area (Å²) in [5, 5.41) is 1.51. The fourth-order valence-corrected chi connectivity index (χ4v) is 3.09. The Balaban J connectivity index is 2.17. The Labute approximate surface area is 156 Å². The second kappa shape index (κ2) is 8.41. The lowest BCUT2D eigenvalue weighted by molar-refractivity contribution is 0.223. The highest BCUT2D eigenvalue weighted by Crippen LogP contribution is 2.29. The summed E-state index contributed by atoms with van der Waals surface area (Å²) in [7, 11) is -3.58. The van der Waals surface area contributed by atoms with Gasteiger partial charge < -0.3 is 4.74 Å². The Morgan fingerprint density at radius 3 is 2.17 bits per heavy atom. The van der Waals surface area contributed by atoms with Gasteiger partial charge in [0.15, 0.2) is 0 Å². The van der Waals surface area contributed by atoms with Crippen LogP contribution in [0, 0.1) is 0 Å². The third-order valence-electron chi connectivity index (χ3n) is 3.15. The molecule has 0 N–H and O–H groups in total. The van der Waals surface area contributed by atoms with Crippen molar-refractivity contribution in [2.24, 2.45) is 0 Å². The molecule has 0 radical (unpaired) electrons. The molecule has 2 rings (SSSR count). The molecule has 0 heterocycles. The quantitative estimate of drug-likeness (QED) is 0.617. The van der Waals surface area contributed by atoms with Crippen LogP contribution in [0.2, 0.25) is 15.1 Å². The van der Waals surface area contributed by atoms with Crippen LogP contribution in [0.3, 0.4) is 0 Å². The standard InChI is InChI=1S/C16H15Cl3O4S/c1-24(20,21)23-10-11(15-7-4-13(18)8-16(15)19)9-22-14-5-2-12(17)3-6-14/h2-8,11H,9-10H2,1H3/t11-/m1/s1. The lowest BCUT2D eigenvalue weighted by Gasteiger charge is -2.19. The van der Waals surface area contributed by atoms with Crippen molar-refractivity contribution >= 4 is 44.9 Å². The second-order valence-corrected chi connectivity index (χ2v) is 8.04. The van der Waals surface area contributed by atoms with Crippen molar-refractivity contribution in [2.45, 2.75) is 5.92 Å². The highest BCUT2D eigenvalue weighted by Gasteiger charge is 2.19. The zero-order chi connectivity index (χ0) is 17.7. The fraction of sp³-hybridized carbons (Fsp3) is 0.250. The van der Waals surface area contributed by atoms with Gasteiger partial charge in [-0.2, -0.15) is 8.42 Å². The Hall–Kier alpha value is -0.980. The van der Waals surface area contributed by atoms with Crippen LogP contribution in [-0.2, 0) is 14.3 Å². The van der Waals surface area contributed by atoms with Crippen LogP contribution in [0.15, 0.2) is 42.5 Å². The van der Waals surface area contributed by atoms with Crippen LogP contribution in [0.4, 0.5) is 0 Å². The molecule has 1 atom stereocenters. The van der Waals surface area contributed by atoms with E-state index in [9.17, 15) is 8.42 Å². The predicted molar refractivity (Wildman–Crippen MR) is 96.9 cm³/mol. The second-order valence-electron chi connectivity index (χ2n) is 5.12. The lowest BCUT2D eigenvalue weighted by Crippen LogP contribution is -2.19. The lowest BCUT2D eigenvalue weighted by atomic mass is 10.0. The molecule has 0 amide bonds. The summed E-state index contributed by atoms with van der Waals surface area (Å²) in [5.41, 5.74) is 0.693. The van der Waals surface area contributed by atoms with Crippen molar-refractivity contribution in [1.82, 2.24) is 0 Å². The van der Waals surface area contributed by atoms with E-state index in [0.29, 0.717) is 26.4 Å². The van der Waals surface area contributed by atoms with E-state index in [1.165, 1.54) is 0 Å². The van der Waals surface area contributed by atoms with E-state index in [-0.39, 0.29) is 19.1 Å². The molecule has 0 fully saturated rings. The Morgan fingerprint density at radius 2 is 1.58 bits per heavy atom. The molecule has 0 aliphatic heterocycles. The minimum Gasteiger partial charge on any atom is -0.493 e. The third kappa shape index (κ3) is 6.15. The molecule has 2 aromatic carbocycles. The van der Waals surface area contributed by atoms with Gasteiger partial charge in [-0.1, -0.05) is 40.9 Å². The van der Waals surface area contributed by atoms with Gasteiger partial charge in [-0.05, 0) is 42.0 Å². The molecule has 0 saturated heterocycles. The number of hydrogen-bond acceptors (Lipinski definition) is 4. The molecule has 24 heavy (non-hydrogen) atoms. The van der Waals surface area contributed by atoms with Crippen molar-refractivity contribution in [3.63, 3.8) is 0 Å². The van der Waals surface area contributed by atoms with Crippen molar-refractivity contribution in [2.75, 3.05) is 19.5 Å². The summed E-state index contributed by atoms with van der Waals surface area (Å²) in [6, 6.07) is 11.8. The van der Waals surface area contributed by atoms with E-state index >= 15 is 0 Å². The Morgan fingerprint density at radius 1 is 0.958 bits per heavy atom. The van der Waals surface area contributed by atoms with Crippen molar-refractivity contribution in [3.8, 4) is 5.75 Å². The normalized spacial score (nSPS) is 12.8. The Bertz CT molecular complexity index is 791. The van der Waals surface area contributed by atoms with E-state index in [1.807, 2.05) is 0 Å². The number of ether oxygens (including phenoxy) is 1. The topological polar surface area (TPSA) is 52.6 Å². The van der Waals surface area contributed by atoms with E-state index in [2.05, 4.69) is 0 Å². The van der Waals surface area contributed by atoms with E-state index in [4.69, 9.17) is 43.7 Å². The highest BCUT2D eigenvalue weighted by atomic mass is 35.5. The van der Waals surface area contributed by atoms with Crippen LogP contribution < -0.4 is 4.74 Å². The van der Waals surface area contributed by atoms with Crippen LogP contribution >= 0.6 is 34.8 Å². The molecule has 2 aromatic rings. The SMILES string of the molecule is CS(=O)(=O)OC[C@@H](COc1ccc(Cl)cc1)c1ccc(Cl)cc1Cl. The summed E-state index contributed by atoms with van der Waals surface area (Å²) in [6.07, 6.45) is 0.994. The van der Waals surface area contributed by atoms with Crippen LogP contribution in [0.5, 0.6) is 5.75 Å². The van der Waals surface area contributed by atoms with Gasteiger partial charge in [0.25, 0.3) is 10.1 Å². The predicted octanol–water partition coefficient (Wildman–Crippen LogP) is 4.79. The molecular weight excluding hydrogens is 395 g/mol. The molecule has 0 unspecified atom stereocenters. The summed E-state index contributed by atoms with van der Waals surface area (Å²) in [5.74, 6) is 0.217. The monoisotopic (exact) mass is 408 g/mol. The maximum Gasteiger partial charge on any atom is 0.264 e. The first kappa shape index (κ1) is 19.3. The molecule has 0 bridgehead atoms. The molecule has 8 heteroatoms. The summed E-state index contributed by atoms with van der Waals surface area (Å²) in [4.78, 5) is 0. The molecule has 4 nitrogen and oxygen atoms in total. The minimum atomic E-state index is -3.58. The van der Waals surface area contributed by atoms with Gasteiger partial charge in [0.05, 0.1) is 19.5 Å². The highest BCUT2D eigenvalue weighted by molar-refractivity contribution is 7.85. The molecule has 0 aliphatic rings. The average molecular weight is 410 g/mol. The van der Waals surface area contributed by atoms with Gasteiger partial charge in [0.1, 0.15) is 5.75 Å². The van der Waals surface area contributed by atoms with E-state index < -0.39 is 10.1 Å². The van der Waals surface area contributed by atoms with Crippen LogP contribution in [0.25, 0.3) is 0 Å². The maximum atomic E-state index is 11.3. The molecule has 0 aromatic heterocycles. The van der Waals surface area contributed by atoms with Crippen molar-refractivity contribution in [1.29, 1.82) is 0 Å². The zero-order valence-electron chi connectivity index (χ0n) is 12.7. The average Bonchev–Trinajstić information content (AvgIpc) is 2.49. The first-order valence-electron chi connectivity index (χ1n) is 6.92. The van der Waals surface area contributed by atoms with Crippen LogP contribution in [-0.4, -0.2) is 27.9 Å². The van der Waals surface area contributed by atoms with Gasteiger partial charge in [-0.3, -0.25) is 4.18 Å². The van der Waals surface area contributed by atoms with Crippen molar-refractivity contribution in [3.05, 3.63) is 63.1 Å². The van der Waals surface area contributed by atoms with Gasteiger partial charge in [-0.25, -0.2) is 0 Å². The van der Waals surface area contributed by atoms with Crippen molar-refractivity contribution < 1.29 is 17.3 Å². The molecular formula is C16H15Cl3O4S. The first-order valence-corrected chi connectivity index (χ1v) is 9.87. The maximum absolute atomic E-state index is 11.3. The zero-order valence-corrected chi connectivity index (χ0v) is 15.8. The van der Waals surface area contributed by atoms with Gasteiger partial charge in [0.2, 0.25) is 0 Å². The minimum absolute atomic E-state index is 0.0895. The smallest absolute Gasteiger partial charge is 0.264 e. The third-order valence-corrected chi connectivity index (χ3v) is 4.53. The van der Waals surface area contributed by atoms with E-state index in [1.54, 1.807) is 42.5 Å². The number of halogens is 3. The first-order chi connectivity index (χ1) is 11.2. The largest absolute Gasteiger partial charge is 0.493 e.